The third-order valence-electron chi connectivity index (χ3n) is 3.94. The maximum atomic E-state index is 12.3. The Hall–Kier alpha value is -2.69. The molecule has 0 atom stereocenters. The number of hydrogen-bond donors (Lipinski definition) is 2. The average molecular weight is 356 g/mol. The molecule has 0 heterocycles. The highest BCUT2D eigenvalue weighted by atomic mass is 16.7. The number of hydrogen-bond acceptors (Lipinski definition) is 5. The fourth-order valence-electron chi connectivity index (χ4n) is 2.80. The molecule has 5 heteroatoms. The second kappa shape index (κ2) is 7.68. The lowest BCUT2D eigenvalue weighted by atomic mass is 9.98. The molecule has 2 aromatic carbocycles. The van der Waals surface area contributed by atoms with E-state index < -0.39 is 17.4 Å². The van der Waals surface area contributed by atoms with Gasteiger partial charge >= 0.3 is 6.16 Å². The highest BCUT2D eigenvalue weighted by Gasteiger charge is 2.29. The van der Waals surface area contributed by atoms with Crippen LogP contribution in [0.15, 0.2) is 48.5 Å². The molecular formula is C21H28N2O3. The molecule has 0 saturated heterocycles. The quantitative estimate of drug-likeness (QED) is 0.593. The van der Waals surface area contributed by atoms with Crippen LogP contribution in [0.5, 0.6) is 0 Å². The topological polar surface area (TPSA) is 87.6 Å². The predicted molar refractivity (Wildman–Crippen MR) is 105 cm³/mol. The molecule has 2 rings (SSSR count). The van der Waals surface area contributed by atoms with Crippen LogP contribution in [0.25, 0.3) is 0 Å². The Morgan fingerprint density at radius 2 is 1.04 bits per heavy atom. The Morgan fingerprint density at radius 1 is 0.731 bits per heavy atom. The first-order chi connectivity index (χ1) is 12.0. The maximum Gasteiger partial charge on any atom is 0.509 e. The van der Waals surface area contributed by atoms with Gasteiger partial charge in [0.15, 0.2) is 0 Å². The molecule has 0 aromatic heterocycles. The number of anilines is 2. The highest BCUT2D eigenvalue weighted by Crippen LogP contribution is 2.23. The lowest BCUT2D eigenvalue weighted by Gasteiger charge is -2.29. The van der Waals surface area contributed by atoms with Crippen LogP contribution in [0.3, 0.4) is 0 Å². The van der Waals surface area contributed by atoms with E-state index in [0.717, 1.165) is 11.1 Å². The lowest BCUT2D eigenvalue weighted by molar-refractivity contribution is -0.0582. The van der Waals surface area contributed by atoms with Gasteiger partial charge in [0, 0.05) is 24.2 Å². The first kappa shape index (κ1) is 19.6. The first-order valence-corrected chi connectivity index (χ1v) is 8.65. The first-order valence-electron chi connectivity index (χ1n) is 8.65. The van der Waals surface area contributed by atoms with E-state index in [1.54, 1.807) is 0 Å². The monoisotopic (exact) mass is 356 g/mol. The number of benzene rings is 2. The van der Waals surface area contributed by atoms with Crippen molar-refractivity contribution in [2.45, 2.75) is 51.7 Å². The minimum Gasteiger partial charge on any atom is -0.428 e. The highest BCUT2D eigenvalue weighted by molar-refractivity contribution is 5.61. The van der Waals surface area contributed by atoms with Crippen LogP contribution in [-0.4, -0.2) is 17.4 Å². The Kier molecular flexibility index (Phi) is 5.80. The lowest BCUT2D eigenvalue weighted by Crippen LogP contribution is -2.36. The third kappa shape index (κ3) is 6.31. The van der Waals surface area contributed by atoms with Gasteiger partial charge in [-0.3, -0.25) is 0 Å². The molecule has 0 aliphatic heterocycles. The SMILES string of the molecule is CC(C)(Cc1ccc(N)cc1)OC(=O)OC(C)(C)Cc1ccc(N)cc1. The number of nitrogen functional groups attached to an aromatic ring is 2. The number of ether oxygens (including phenoxy) is 2. The summed E-state index contributed by atoms with van der Waals surface area (Å²) in [6.45, 7) is 7.43. The second-order valence-corrected chi connectivity index (χ2v) is 7.81. The molecule has 26 heavy (non-hydrogen) atoms. The Labute approximate surface area is 155 Å². The van der Waals surface area contributed by atoms with Crippen molar-refractivity contribution in [1.29, 1.82) is 0 Å². The summed E-state index contributed by atoms with van der Waals surface area (Å²) in [5.74, 6) is 0. The standard InChI is InChI=1S/C21H28N2O3/c1-20(2,13-15-5-9-17(22)10-6-15)25-19(24)26-21(3,4)14-16-7-11-18(23)12-8-16/h5-12H,13-14,22-23H2,1-4H3. The third-order valence-corrected chi connectivity index (χ3v) is 3.94. The van der Waals surface area contributed by atoms with Crippen molar-refractivity contribution in [3.05, 3.63) is 59.7 Å². The summed E-state index contributed by atoms with van der Waals surface area (Å²) in [4.78, 5) is 12.3. The minimum atomic E-state index is -0.690. The summed E-state index contributed by atoms with van der Waals surface area (Å²) in [5, 5.41) is 0. The Bertz CT molecular complexity index is 671. The van der Waals surface area contributed by atoms with Crippen LogP contribution >= 0.6 is 0 Å². The molecule has 5 nitrogen and oxygen atoms in total. The zero-order valence-electron chi connectivity index (χ0n) is 15.9. The second-order valence-electron chi connectivity index (χ2n) is 7.81. The van der Waals surface area contributed by atoms with Crippen molar-refractivity contribution in [3.63, 3.8) is 0 Å². The van der Waals surface area contributed by atoms with Gasteiger partial charge in [-0.05, 0) is 63.1 Å². The van der Waals surface area contributed by atoms with Gasteiger partial charge < -0.3 is 20.9 Å². The van der Waals surface area contributed by atoms with Gasteiger partial charge in [0.25, 0.3) is 0 Å². The molecule has 0 spiro atoms. The van der Waals surface area contributed by atoms with Crippen LogP contribution in [0.4, 0.5) is 16.2 Å². The maximum absolute atomic E-state index is 12.3. The fourth-order valence-corrected chi connectivity index (χ4v) is 2.80. The number of nitrogens with two attached hydrogens (primary N) is 2. The van der Waals surface area contributed by atoms with Crippen molar-refractivity contribution < 1.29 is 14.3 Å². The van der Waals surface area contributed by atoms with E-state index >= 15 is 0 Å². The van der Waals surface area contributed by atoms with Gasteiger partial charge in [-0.1, -0.05) is 24.3 Å². The molecule has 4 N–H and O–H groups in total. The molecule has 0 fully saturated rings. The predicted octanol–water partition coefficient (Wildman–Crippen LogP) is 4.35. The van der Waals surface area contributed by atoms with Crippen LogP contribution in [-0.2, 0) is 22.3 Å². The van der Waals surface area contributed by atoms with Crippen molar-refractivity contribution in [2.24, 2.45) is 0 Å². The van der Waals surface area contributed by atoms with Crippen molar-refractivity contribution in [3.8, 4) is 0 Å². The molecule has 0 amide bonds. The van der Waals surface area contributed by atoms with E-state index in [9.17, 15) is 4.79 Å². The van der Waals surface area contributed by atoms with Gasteiger partial charge in [0.05, 0.1) is 0 Å². The van der Waals surface area contributed by atoms with Crippen molar-refractivity contribution in [2.75, 3.05) is 11.5 Å². The van der Waals surface area contributed by atoms with E-state index in [0.29, 0.717) is 24.2 Å². The molecule has 0 saturated carbocycles. The van der Waals surface area contributed by atoms with E-state index in [2.05, 4.69) is 0 Å². The number of rotatable bonds is 6. The van der Waals surface area contributed by atoms with Crippen molar-refractivity contribution in [1.82, 2.24) is 0 Å². The zero-order chi connectivity index (χ0) is 19.4. The van der Waals surface area contributed by atoms with Crippen LogP contribution < -0.4 is 11.5 Å². The molecule has 2 aromatic rings. The molecular weight excluding hydrogens is 328 g/mol. The molecule has 0 radical (unpaired) electrons. The molecule has 0 unspecified atom stereocenters. The molecule has 140 valence electrons. The summed E-state index contributed by atoms with van der Waals surface area (Å²) in [7, 11) is 0. The largest absolute Gasteiger partial charge is 0.509 e. The van der Waals surface area contributed by atoms with E-state index in [-0.39, 0.29) is 0 Å². The Morgan fingerprint density at radius 3 is 1.35 bits per heavy atom. The van der Waals surface area contributed by atoms with Gasteiger partial charge in [-0.2, -0.15) is 0 Å². The zero-order valence-corrected chi connectivity index (χ0v) is 15.9. The van der Waals surface area contributed by atoms with Crippen molar-refractivity contribution >= 4 is 17.5 Å². The summed E-state index contributed by atoms with van der Waals surface area (Å²) >= 11 is 0. The summed E-state index contributed by atoms with van der Waals surface area (Å²) < 4.78 is 11.1. The van der Waals surface area contributed by atoms with Gasteiger partial charge in [-0.25, -0.2) is 4.79 Å². The smallest absolute Gasteiger partial charge is 0.428 e. The molecule has 0 bridgehead atoms. The summed E-state index contributed by atoms with van der Waals surface area (Å²) in [6, 6.07) is 15.0. The average Bonchev–Trinajstić information content (AvgIpc) is 2.50. The van der Waals surface area contributed by atoms with Crippen LogP contribution in [0.2, 0.25) is 0 Å². The van der Waals surface area contributed by atoms with Crippen LogP contribution in [0.1, 0.15) is 38.8 Å². The van der Waals surface area contributed by atoms with E-state index in [4.69, 9.17) is 20.9 Å². The normalized spacial score (nSPS) is 11.8. The Balaban J connectivity index is 1.92. The van der Waals surface area contributed by atoms with Gasteiger partial charge in [0.2, 0.25) is 0 Å². The summed E-state index contributed by atoms with van der Waals surface area (Å²) in [6.07, 6.45) is 0.465. The van der Waals surface area contributed by atoms with E-state index in [1.807, 2.05) is 76.2 Å². The van der Waals surface area contributed by atoms with Gasteiger partial charge in [-0.15, -0.1) is 0 Å². The molecule has 0 aliphatic carbocycles. The van der Waals surface area contributed by atoms with Gasteiger partial charge in [0.1, 0.15) is 11.2 Å². The number of carbonyl (C=O) groups excluding carboxylic acids is 1. The van der Waals surface area contributed by atoms with E-state index in [1.165, 1.54) is 0 Å². The fraction of sp³-hybridized carbons (Fsp3) is 0.381. The summed E-state index contributed by atoms with van der Waals surface area (Å²) in [5.41, 5.74) is 13.5. The minimum absolute atomic E-state index is 0.570. The molecule has 0 aliphatic rings. The number of carbonyl (C=O) groups is 1. The van der Waals surface area contributed by atoms with Crippen LogP contribution in [0, 0.1) is 0 Å².